The second kappa shape index (κ2) is 6.35. The normalized spacial score (nSPS) is 12.1. The van der Waals surface area contributed by atoms with Crippen molar-refractivity contribution in [3.63, 3.8) is 0 Å². The number of pyridine rings is 1. The molecule has 0 amide bonds. The zero-order valence-electron chi connectivity index (χ0n) is 15.2. The molecule has 0 unspecified atom stereocenters. The van der Waals surface area contributed by atoms with Crippen LogP contribution in [0, 0.1) is 12.7 Å². The van der Waals surface area contributed by atoms with Gasteiger partial charge in [0.05, 0.1) is 41.1 Å². The Kier molecular flexibility index (Phi) is 3.99. The van der Waals surface area contributed by atoms with Gasteiger partial charge in [0.25, 0.3) is 0 Å². The van der Waals surface area contributed by atoms with Crippen LogP contribution in [0.4, 0.5) is 10.1 Å². The topological polar surface area (TPSA) is 79.1 Å². The lowest BCUT2D eigenvalue weighted by atomic mass is 10.0. The molecule has 27 heavy (non-hydrogen) atoms. The van der Waals surface area contributed by atoms with E-state index in [0.717, 1.165) is 10.9 Å². The third-order valence-electron chi connectivity index (χ3n) is 4.49. The molecular formula is C20H18FN5O. The van der Waals surface area contributed by atoms with Crippen molar-refractivity contribution < 1.29 is 9.50 Å². The summed E-state index contributed by atoms with van der Waals surface area (Å²) in [5, 5.41) is 15.2. The van der Waals surface area contributed by atoms with Gasteiger partial charge in [-0.05, 0) is 31.5 Å². The van der Waals surface area contributed by atoms with E-state index in [1.807, 2.05) is 27.0 Å². The summed E-state index contributed by atoms with van der Waals surface area (Å²) < 4.78 is 16.0. The van der Waals surface area contributed by atoms with Crippen LogP contribution in [0.1, 0.15) is 18.1 Å². The third kappa shape index (κ3) is 2.97. The van der Waals surface area contributed by atoms with Gasteiger partial charge in [0.1, 0.15) is 11.5 Å². The molecule has 6 nitrogen and oxygen atoms in total. The smallest absolute Gasteiger partial charge is 0.198 e. The van der Waals surface area contributed by atoms with E-state index in [9.17, 15) is 9.50 Å². The van der Waals surface area contributed by atoms with Gasteiger partial charge in [-0.2, -0.15) is 5.10 Å². The highest BCUT2D eigenvalue weighted by atomic mass is 19.1. The molecule has 4 aromatic rings. The molecule has 0 spiro atoms. The van der Waals surface area contributed by atoms with Crippen LogP contribution in [-0.4, -0.2) is 30.6 Å². The van der Waals surface area contributed by atoms with Gasteiger partial charge in [-0.15, -0.1) is 0 Å². The molecule has 0 aliphatic heterocycles. The molecule has 0 saturated carbocycles. The molecule has 0 aliphatic carbocycles. The molecule has 136 valence electrons. The molecule has 3 heterocycles. The third-order valence-corrected chi connectivity index (χ3v) is 4.49. The van der Waals surface area contributed by atoms with Crippen LogP contribution in [0.5, 0.6) is 5.88 Å². The molecule has 0 radical (unpaired) electrons. The highest BCUT2D eigenvalue weighted by Gasteiger charge is 2.17. The summed E-state index contributed by atoms with van der Waals surface area (Å²) in [5.41, 5.74) is 4.27. The van der Waals surface area contributed by atoms with Crippen LogP contribution in [0.15, 0.2) is 47.8 Å². The minimum atomic E-state index is -0.330. The molecule has 1 aromatic carbocycles. The number of benzene rings is 1. The van der Waals surface area contributed by atoms with Crippen molar-refractivity contribution in [2.45, 2.75) is 13.8 Å². The molecule has 0 aliphatic rings. The van der Waals surface area contributed by atoms with E-state index in [-0.39, 0.29) is 11.7 Å². The van der Waals surface area contributed by atoms with Gasteiger partial charge in [0.2, 0.25) is 0 Å². The maximum atomic E-state index is 14.4. The summed E-state index contributed by atoms with van der Waals surface area (Å²) >= 11 is 0. The minimum Gasteiger partial charge on any atom is -0.494 e. The van der Waals surface area contributed by atoms with Crippen LogP contribution in [0.3, 0.4) is 0 Å². The maximum absolute atomic E-state index is 14.4. The van der Waals surface area contributed by atoms with Crippen molar-refractivity contribution in [2.24, 2.45) is 12.0 Å². The number of hydrogen-bond acceptors (Lipinski definition) is 4. The molecule has 0 atom stereocenters. The second-order valence-corrected chi connectivity index (χ2v) is 6.46. The Labute approximate surface area is 155 Å². The number of nitrogens with zero attached hydrogens (tertiary/aromatic N) is 4. The lowest BCUT2D eigenvalue weighted by Crippen LogP contribution is -1.95. The number of aromatic nitrogens is 4. The fourth-order valence-electron chi connectivity index (χ4n) is 3.25. The van der Waals surface area contributed by atoms with Crippen LogP contribution in [0.25, 0.3) is 22.2 Å². The number of fused-ring (bicyclic) bond motifs is 1. The van der Waals surface area contributed by atoms with Gasteiger partial charge in [0.15, 0.2) is 5.88 Å². The number of nitrogens with one attached hydrogen (secondary N) is 1. The number of halogens is 1. The highest BCUT2D eigenvalue weighted by molar-refractivity contribution is 6.13. The van der Waals surface area contributed by atoms with Crippen LogP contribution in [-0.2, 0) is 7.05 Å². The standard InChI is InChI=1S/C20H18FN5O/c1-11-5-4-6-15(21)18(11)16-7-14-17(9-22-16)25-20(27)19(14)12(2)24-13-8-23-26(3)10-13/h4-10,25,27H,1-3H3. The average molecular weight is 363 g/mol. The predicted molar refractivity (Wildman–Crippen MR) is 103 cm³/mol. The number of aliphatic imine (C=N–C) groups is 1. The number of aromatic amines is 1. The summed E-state index contributed by atoms with van der Waals surface area (Å²) in [6.07, 6.45) is 5.02. The number of aryl methyl sites for hydroxylation is 2. The van der Waals surface area contributed by atoms with E-state index in [1.165, 1.54) is 6.07 Å². The first-order valence-corrected chi connectivity index (χ1v) is 8.44. The molecule has 4 rings (SSSR count). The van der Waals surface area contributed by atoms with Gasteiger partial charge in [0, 0.05) is 18.0 Å². The summed E-state index contributed by atoms with van der Waals surface area (Å²) in [6, 6.07) is 6.70. The number of rotatable bonds is 3. The van der Waals surface area contributed by atoms with Crippen molar-refractivity contribution in [1.29, 1.82) is 0 Å². The van der Waals surface area contributed by atoms with E-state index in [2.05, 4.69) is 20.1 Å². The molecular weight excluding hydrogens is 345 g/mol. The van der Waals surface area contributed by atoms with Gasteiger partial charge in [-0.3, -0.25) is 9.67 Å². The largest absolute Gasteiger partial charge is 0.494 e. The quantitative estimate of drug-likeness (QED) is 0.534. The zero-order valence-corrected chi connectivity index (χ0v) is 15.2. The summed E-state index contributed by atoms with van der Waals surface area (Å²) in [7, 11) is 1.81. The second-order valence-electron chi connectivity index (χ2n) is 6.46. The Morgan fingerprint density at radius 1 is 1.30 bits per heavy atom. The minimum absolute atomic E-state index is 0.000606. The van der Waals surface area contributed by atoms with Gasteiger partial charge < -0.3 is 10.1 Å². The molecule has 7 heteroatoms. The average Bonchev–Trinajstić information content (AvgIpc) is 3.16. The Balaban J connectivity index is 1.89. The van der Waals surface area contributed by atoms with E-state index in [1.54, 1.807) is 35.4 Å². The van der Waals surface area contributed by atoms with Crippen molar-refractivity contribution in [3.05, 3.63) is 59.8 Å². The Morgan fingerprint density at radius 2 is 2.11 bits per heavy atom. The summed E-state index contributed by atoms with van der Waals surface area (Å²) in [6.45, 7) is 3.65. The molecule has 3 aromatic heterocycles. The SMILES string of the molecule is CC(=Nc1cnn(C)c1)c1c(O)[nH]c2cnc(-c3c(C)cccc3F)cc12. The van der Waals surface area contributed by atoms with E-state index < -0.39 is 0 Å². The molecule has 0 fully saturated rings. The van der Waals surface area contributed by atoms with Crippen molar-refractivity contribution in [1.82, 2.24) is 19.7 Å². The molecule has 0 saturated heterocycles. The first kappa shape index (κ1) is 17.0. The summed E-state index contributed by atoms with van der Waals surface area (Å²) in [4.78, 5) is 11.8. The Morgan fingerprint density at radius 3 is 2.81 bits per heavy atom. The van der Waals surface area contributed by atoms with Crippen LogP contribution in [0.2, 0.25) is 0 Å². The predicted octanol–water partition coefficient (Wildman–Crippen LogP) is 4.26. The van der Waals surface area contributed by atoms with E-state index in [4.69, 9.17) is 0 Å². The fourth-order valence-corrected chi connectivity index (χ4v) is 3.25. The Hall–Kier alpha value is -3.48. The maximum Gasteiger partial charge on any atom is 0.198 e. The number of aromatic hydroxyl groups is 1. The lowest BCUT2D eigenvalue weighted by molar-refractivity contribution is 0.457. The summed E-state index contributed by atoms with van der Waals surface area (Å²) in [5.74, 6) is -0.330. The molecule has 0 bridgehead atoms. The Bertz CT molecular complexity index is 1170. The zero-order chi connectivity index (χ0) is 19.1. The van der Waals surface area contributed by atoms with E-state index in [0.29, 0.717) is 33.7 Å². The molecule has 2 N–H and O–H groups in total. The van der Waals surface area contributed by atoms with Crippen molar-refractivity contribution in [3.8, 4) is 17.1 Å². The lowest BCUT2D eigenvalue weighted by Gasteiger charge is -2.07. The van der Waals surface area contributed by atoms with E-state index >= 15 is 0 Å². The van der Waals surface area contributed by atoms with Gasteiger partial charge >= 0.3 is 0 Å². The van der Waals surface area contributed by atoms with Crippen LogP contribution >= 0.6 is 0 Å². The number of H-pyrrole nitrogens is 1. The highest BCUT2D eigenvalue weighted by Crippen LogP contribution is 2.33. The fraction of sp³-hybridized carbons (Fsp3) is 0.150. The van der Waals surface area contributed by atoms with Gasteiger partial charge in [-0.1, -0.05) is 12.1 Å². The van der Waals surface area contributed by atoms with Crippen LogP contribution < -0.4 is 0 Å². The van der Waals surface area contributed by atoms with Crippen molar-refractivity contribution >= 4 is 22.3 Å². The first-order valence-electron chi connectivity index (χ1n) is 8.44. The van der Waals surface area contributed by atoms with Crippen molar-refractivity contribution in [2.75, 3.05) is 0 Å². The van der Waals surface area contributed by atoms with Gasteiger partial charge in [-0.25, -0.2) is 9.38 Å². The first-order chi connectivity index (χ1) is 12.9. The monoisotopic (exact) mass is 363 g/mol. The number of hydrogen-bond donors (Lipinski definition) is 2.